The number of hydrogen-bond donors (Lipinski definition) is 2. The second-order valence-electron chi connectivity index (χ2n) is 10.5. The lowest BCUT2D eigenvalue weighted by molar-refractivity contribution is -0.120. The fourth-order valence-corrected chi connectivity index (χ4v) is 7.59. The highest BCUT2D eigenvalue weighted by Crippen LogP contribution is 2.52. The Balaban J connectivity index is 1.65. The molecule has 45 heavy (non-hydrogen) atoms. The topological polar surface area (TPSA) is 137 Å². The summed E-state index contributed by atoms with van der Waals surface area (Å²) < 4.78 is 41.2. The molecule has 2 N–H and O–H groups in total. The molecule has 0 aliphatic carbocycles. The molecule has 1 unspecified atom stereocenters. The standard InChI is InChI=1S/C33H32N6O5S/c1-3-44-31-24(9-8-16-36-31)33(37-26-10-4-5-11-28(26)38-19-17-35-18-20-38)25-21-23(22-34)14-15-27(25)39(32(33)40)45(41,42)30-13-7-6-12-29(30)43-2/h4-16,21,35,37H,3,17-20H2,1-2H3. The van der Waals surface area contributed by atoms with E-state index in [4.69, 9.17) is 9.47 Å². The number of benzene rings is 3. The quantitative estimate of drug-likeness (QED) is 0.283. The maximum atomic E-state index is 15.2. The Morgan fingerprint density at radius 3 is 2.51 bits per heavy atom. The number of pyridine rings is 1. The molecule has 1 fully saturated rings. The molecular formula is C33H32N6O5S. The van der Waals surface area contributed by atoms with E-state index in [2.05, 4.69) is 26.6 Å². The molecule has 0 bridgehead atoms. The van der Waals surface area contributed by atoms with Crippen molar-refractivity contribution < 1.29 is 22.7 Å². The Hall–Kier alpha value is -5.12. The number of amides is 1. The minimum Gasteiger partial charge on any atom is -0.495 e. The first-order chi connectivity index (χ1) is 21.9. The van der Waals surface area contributed by atoms with Crippen LogP contribution in [0.4, 0.5) is 17.1 Å². The van der Waals surface area contributed by atoms with Crippen molar-refractivity contribution >= 4 is 33.0 Å². The highest BCUT2D eigenvalue weighted by molar-refractivity contribution is 7.93. The van der Waals surface area contributed by atoms with Crippen LogP contribution in [0.1, 0.15) is 23.6 Å². The fourth-order valence-electron chi connectivity index (χ4n) is 5.97. The van der Waals surface area contributed by atoms with Gasteiger partial charge in [-0.15, -0.1) is 0 Å². The number of rotatable bonds is 9. The zero-order valence-electron chi connectivity index (χ0n) is 24.9. The summed E-state index contributed by atoms with van der Waals surface area (Å²) in [6.45, 7) is 5.10. The number of para-hydroxylation sites is 3. The smallest absolute Gasteiger partial charge is 0.276 e. The van der Waals surface area contributed by atoms with Gasteiger partial charge in [0.15, 0.2) is 5.54 Å². The van der Waals surface area contributed by atoms with Crippen molar-refractivity contribution in [2.75, 3.05) is 54.4 Å². The second-order valence-corrected chi connectivity index (χ2v) is 12.2. The fraction of sp³-hybridized carbons (Fsp3) is 0.242. The van der Waals surface area contributed by atoms with E-state index in [1.807, 2.05) is 24.3 Å². The van der Waals surface area contributed by atoms with E-state index >= 15 is 4.79 Å². The molecule has 1 saturated heterocycles. The van der Waals surface area contributed by atoms with Crippen molar-refractivity contribution in [1.29, 1.82) is 5.26 Å². The Bertz CT molecular complexity index is 1900. The van der Waals surface area contributed by atoms with Gasteiger partial charge in [0.1, 0.15) is 10.6 Å². The van der Waals surface area contributed by atoms with Crippen molar-refractivity contribution in [1.82, 2.24) is 10.3 Å². The number of ether oxygens (including phenoxy) is 2. The maximum Gasteiger partial charge on any atom is 0.276 e. The molecule has 2 aliphatic rings. The van der Waals surface area contributed by atoms with Crippen molar-refractivity contribution in [2.45, 2.75) is 17.4 Å². The number of nitrogens with one attached hydrogen (secondary N) is 2. The monoisotopic (exact) mass is 624 g/mol. The molecule has 3 heterocycles. The second kappa shape index (κ2) is 12.1. The van der Waals surface area contributed by atoms with Gasteiger partial charge in [-0.05, 0) is 61.5 Å². The van der Waals surface area contributed by atoms with Gasteiger partial charge in [-0.2, -0.15) is 9.57 Å². The van der Waals surface area contributed by atoms with Gasteiger partial charge in [0.2, 0.25) is 5.88 Å². The number of methoxy groups -OCH3 is 1. The number of carbonyl (C=O) groups is 1. The average Bonchev–Trinajstić information content (AvgIpc) is 3.33. The van der Waals surface area contributed by atoms with Crippen LogP contribution in [0.15, 0.2) is 90.0 Å². The van der Waals surface area contributed by atoms with Gasteiger partial charge in [-0.3, -0.25) is 4.79 Å². The summed E-state index contributed by atoms with van der Waals surface area (Å²) in [7, 11) is -3.16. The molecule has 0 spiro atoms. The number of anilines is 3. The third-order valence-electron chi connectivity index (χ3n) is 7.98. The van der Waals surface area contributed by atoms with Crippen LogP contribution in [0.25, 0.3) is 0 Å². The highest BCUT2D eigenvalue weighted by atomic mass is 32.2. The van der Waals surface area contributed by atoms with Crippen molar-refractivity contribution in [3.63, 3.8) is 0 Å². The van der Waals surface area contributed by atoms with Crippen LogP contribution < -0.4 is 29.3 Å². The van der Waals surface area contributed by atoms with Crippen LogP contribution in [0, 0.1) is 11.3 Å². The van der Waals surface area contributed by atoms with Gasteiger partial charge >= 0.3 is 0 Å². The SMILES string of the molecule is CCOc1ncccc1C1(Nc2ccccc2N2CCNCC2)C(=O)N(S(=O)(=O)c2ccccc2OC)c2ccc(C#N)cc21. The van der Waals surface area contributed by atoms with Crippen molar-refractivity contribution in [3.8, 4) is 17.7 Å². The van der Waals surface area contributed by atoms with Crippen LogP contribution in [0.2, 0.25) is 0 Å². The van der Waals surface area contributed by atoms with Gasteiger partial charge in [0.25, 0.3) is 15.9 Å². The summed E-state index contributed by atoms with van der Waals surface area (Å²) in [5.74, 6) is -0.556. The van der Waals surface area contributed by atoms with E-state index < -0.39 is 21.5 Å². The number of fused-ring (bicyclic) bond motifs is 1. The van der Waals surface area contributed by atoms with E-state index in [0.717, 1.165) is 36.2 Å². The number of piperazine rings is 1. The van der Waals surface area contributed by atoms with E-state index in [1.165, 1.54) is 31.4 Å². The van der Waals surface area contributed by atoms with E-state index in [-0.39, 0.29) is 39.9 Å². The van der Waals surface area contributed by atoms with Crippen LogP contribution in [-0.2, 0) is 20.4 Å². The average molecular weight is 625 g/mol. The van der Waals surface area contributed by atoms with Crippen LogP contribution in [0.5, 0.6) is 11.6 Å². The summed E-state index contributed by atoms with van der Waals surface area (Å²) in [6.07, 6.45) is 1.55. The predicted octanol–water partition coefficient (Wildman–Crippen LogP) is 3.86. The van der Waals surface area contributed by atoms with Gasteiger partial charge < -0.3 is 25.0 Å². The summed E-state index contributed by atoms with van der Waals surface area (Å²) in [5, 5.41) is 16.8. The minimum atomic E-state index is -4.53. The number of sulfonamides is 1. The molecule has 0 radical (unpaired) electrons. The number of aromatic nitrogens is 1. The molecule has 11 nitrogen and oxygen atoms in total. The van der Waals surface area contributed by atoms with Crippen molar-refractivity contribution in [3.05, 3.63) is 102 Å². The molecule has 3 aromatic carbocycles. The van der Waals surface area contributed by atoms with Crippen LogP contribution in [0.3, 0.4) is 0 Å². The number of nitrogens with zero attached hydrogens (tertiary/aromatic N) is 4. The van der Waals surface area contributed by atoms with Gasteiger partial charge in [0.05, 0.1) is 48.0 Å². The molecule has 1 amide bonds. The maximum absolute atomic E-state index is 15.2. The lowest BCUT2D eigenvalue weighted by Gasteiger charge is -2.36. The van der Waals surface area contributed by atoms with E-state index in [9.17, 15) is 13.7 Å². The first kappa shape index (κ1) is 29.9. The van der Waals surface area contributed by atoms with Crippen molar-refractivity contribution in [2.24, 2.45) is 0 Å². The van der Waals surface area contributed by atoms with Crippen LogP contribution >= 0.6 is 0 Å². The Morgan fingerprint density at radius 2 is 1.76 bits per heavy atom. The molecular weight excluding hydrogens is 592 g/mol. The lowest BCUT2D eigenvalue weighted by atomic mass is 9.83. The first-order valence-corrected chi connectivity index (χ1v) is 16.0. The Labute approximate surface area is 262 Å². The molecule has 1 atom stereocenters. The summed E-state index contributed by atoms with van der Waals surface area (Å²) >= 11 is 0. The van der Waals surface area contributed by atoms with Crippen LogP contribution in [-0.4, -0.2) is 59.2 Å². The number of hydrogen-bond acceptors (Lipinski definition) is 10. The molecule has 1 aromatic heterocycles. The third-order valence-corrected chi connectivity index (χ3v) is 9.72. The van der Waals surface area contributed by atoms with E-state index in [1.54, 1.807) is 43.5 Å². The minimum absolute atomic E-state index is 0.0893. The normalized spacial score (nSPS) is 17.8. The summed E-state index contributed by atoms with van der Waals surface area (Å²) in [6, 6.07) is 23.8. The highest BCUT2D eigenvalue weighted by Gasteiger charge is 2.58. The zero-order chi connectivity index (χ0) is 31.6. The molecule has 230 valence electrons. The van der Waals surface area contributed by atoms with Gasteiger partial charge in [-0.25, -0.2) is 13.4 Å². The molecule has 6 rings (SSSR count). The molecule has 4 aromatic rings. The summed E-state index contributed by atoms with van der Waals surface area (Å²) in [4.78, 5) is 21.7. The summed E-state index contributed by atoms with van der Waals surface area (Å²) in [5.41, 5.74) is 0.515. The number of carbonyl (C=O) groups excluding carboxylic acids is 1. The molecule has 0 saturated carbocycles. The van der Waals surface area contributed by atoms with Gasteiger partial charge in [-0.1, -0.05) is 24.3 Å². The molecule has 12 heteroatoms. The van der Waals surface area contributed by atoms with E-state index in [0.29, 0.717) is 11.3 Å². The largest absolute Gasteiger partial charge is 0.495 e. The predicted molar refractivity (Wildman–Crippen MR) is 170 cm³/mol. The van der Waals surface area contributed by atoms with Gasteiger partial charge in [0, 0.05) is 37.9 Å². The Kier molecular flexibility index (Phi) is 8.05. The first-order valence-electron chi connectivity index (χ1n) is 14.6. The molecule has 2 aliphatic heterocycles. The zero-order valence-corrected chi connectivity index (χ0v) is 25.7. The Morgan fingerprint density at radius 1 is 1.00 bits per heavy atom. The third kappa shape index (κ3) is 5.00. The number of nitriles is 1. The lowest BCUT2D eigenvalue weighted by Crippen LogP contribution is -2.49.